The highest BCUT2D eigenvalue weighted by Gasteiger charge is 2.41. The van der Waals surface area contributed by atoms with Crippen molar-refractivity contribution < 1.29 is 54.0 Å². The maximum atomic E-state index is 13.9. The van der Waals surface area contributed by atoms with Crippen molar-refractivity contribution in [2.45, 2.75) is 97.4 Å². The first-order chi connectivity index (χ1) is 36.7. The Hall–Kier alpha value is -6.64. The van der Waals surface area contributed by atoms with Gasteiger partial charge in [-0.3, -0.25) is 9.13 Å². The highest BCUT2D eigenvalue weighted by molar-refractivity contribution is 7.91. The number of hydrogen-bond donors (Lipinski definition) is 0. The quantitative estimate of drug-likeness (QED) is 0.105. The molecule has 4 fully saturated rings. The Balaban J connectivity index is 0.000000186. The van der Waals surface area contributed by atoms with E-state index in [9.17, 15) is 25.6 Å². The largest absolute Gasteiger partial charge is 0.494 e. The average Bonchev–Trinajstić information content (AvgIpc) is 4.00. The van der Waals surface area contributed by atoms with E-state index < -0.39 is 41.8 Å². The summed E-state index contributed by atoms with van der Waals surface area (Å²) in [6.45, 7) is 1.09. The Kier molecular flexibility index (Phi) is 16.6. The summed E-state index contributed by atoms with van der Waals surface area (Å²) in [5, 5.41) is 16.0. The second-order valence-electron chi connectivity index (χ2n) is 19.2. The molecule has 2 saturated carbocycles. The molecule has 2 aliphatic carbocycles. The molecule has 0 N–H and O–H groups in total. The molecule has 4 aromatic heterocycles. The van der Waals surface area contributed by atoms with Crippen LogP contribution in [-0.2, 0) is 40.7 Å². The summed E-state index contributed by atoms with van der Waals surface area (Å²) in [6.07, 6.45) is 10.1. The lowest BCUT2D eigenvalue weighted by Gasteiger charge is -2.36. The van der Waals surface area contributed by atoms with Crippen LogP contribution >= 0.6 is 0 Å². The molecule has 2 aromatic carbocycles. The Morgan fingerprint density at radius 1 is 0.513 bits per heavy atom. The fourth-order valence-electron chi connectivity index (χ4n) is 10.0. The van der Waals surface area contributed by atoms with Gasteiger partial charge in [0, 0.05) is 52.2 Å². The van der Waals surface area contributed by atoms with Gasteiger partial charge in [0.2, 0.25) is 11.9 Å². The van der Waals surface area contributed by atoms with E-state index in [-0.39, 0.29) is 60.5 Å². The molecule has 2 aliphatic heterocycles. The summed E-state index contributed by atoms with van der Waals surface area (Å²) in [5.74, 6) is 3.13. The molecule has 6 heterocycles. The van der Waals surface area contributed by atoms with E-state index >= 15 is 0 Å². The first-order valence-electron chi connectivity index (χ1n) is 24.9. The van der Waals surface area contributed by atoms with E-state index in [4.69, 9.17) is 28.4 Å². The molecule has 0 bridgehead atoms. The molecule has 76 heavy (non-hydrogen) atoms. The average molecular weight is 1090 g/mol. The number of piperidine rings is 2. The van der Waals surface area contributed by atoms with Gasteiger partial charge in [0.05, 0.1) is 75.9 Å². The van der Waals surface area contributed by atoms with Crippen LogP contribution in [0.1, 0.15) is 86.5 Å². The number of sulfone groups is 2. The second kappa shape index (κ2) is 23.3. The predicted octanol–water partition coefficient (Wildman–Crippen LogP) is 5.38. The van der Waals surface area contributed by atoms with E-state index in [0.717, 1.165) is 63.3 Å². The number of ether oxygens (including phenoxy) is 6. The topological polar surface area (TPSA) is 243 Å². The van der Waals surface area contributed by atoms with Crippen molar-refractivity contribution in [2.24, 2.45) is 0 Å². The van der Waals surface area contributed by atoms with E-state index in [2.05, 4.69) is 40.3 Å². The second-order valence-corrected chi connectivity index (χ2v) is 23.7. The maximum Gasteiger partial charge on any atom is 0.225 e. The Labute approximate surface area is 440 Å². The SMILES string of the molecule is COc1cccc(OC)c1-n1c(CS(=O)(=O)[C@@H]2C[C@H](OC)CN(c3ncc(F)cn3)C2)nnc1C1CCC1.COc1cccc(OC)c1-n1c(CS(=O)(=O)[C@H]2C[C@@H](OC)CN(c3ncc(F)cn3)C2)nnc1C1CCC1. The molecule has 26 heteroatoms. The standard InChI is InChI=1S/2C25H31FN6O5S/c2*1-35-18-10-19(14-31(13-18)25-27-11-17(26)12-28-25)38(33,34)15-22-29-30-24(16-6-4-7-16)32(22)23-20(36-2)8-5-9-21(23)37-3/h2*5,8-9,11-12,16,18-19H,4,6-7,10,13-15H2,1-3H3/t2*18-,19+/m10/s1. The van der Waals surface area contributed by atoms with Crippen LogP contribution in [0.5, 0.6) is 23.0 Å². The van der Waals surface area contributed by atoms with Crippen LogP contribution in [0.25, 0.3) is 11.4 Å². The number of rotatable bonds is 18. The molecule has 0 amide bonds. The minimum atomic E-state index is -3.76. The third-order valence-corrected chi connectivity index (χ3v) is 18.6. The van der Waals surface area contributed by atoms with Crippen molar-refractivity contribution in [1.82, 2.24) is 49.5 Å². The van der Waals surface area contributed by atoms with Gasteiger partial charge in [-0.1, -0.05) is 25.0 Å². The van der Waals surface area contributed by atoms with Crippen LogP contribution in [0.15, 0.2) is 61.2 Å². The summed E-state index contributed by atoms with van der Waals surface area (Å²) in [5.41, 5.74) is 1.16. The molecule has 10 rings (SSSR count). The number of anilines is 2. The smallest absolute Gasteiger partial charge is 0.225 e. The van der Waals surface area contributed by atoms with Gasteiger partial charge in [-0.2, -0.15) is 0 Å². The number of hydrogen-bond acceptors (Lipinski definition) is 20. The van der Waals surface area contributed by atoms with Gasteiger partial charge in [-0.05, 0) is 62.8 Å². The lowest BCUT2D eigenvalue weighted by atomic mass is 9.84. The number of aromatic nitrogens is 10. The van der Waals surface area contributed by atoms with E-state index in [0.29, 0.717) is 83.6 Å². The minimum Gasteiger partial charge on any atom is -0.494 e. The lowest BCUT2D eigenvalue weighted by Crippen LogP contribution is -2.50. The summed E-state index contributed by atoms with van der Waals surface area (Å²) in [6, 6.07) is 10.8. The first kappa shape index (κ1) is 54.2. The summed E-state index contributed by atoms with van der Waals surface area (Å²) in [4.78, 5) is 19.6. The van der Waals surface area contributed by atoms with Crippen LogP contribution in [0.2, 0.25) is 0 Å². The molecule has 0 radical (unpaired) electrons. The van der Waals surface area contributed by atoms with Gasteiger partial charge in [0.15, 0.2) is 43.0 Å². The zero-order valence-electron chi connectivity index (χ0n) is 43.2. The molecule has 6 aromatic rings. The third-order valence-electron chi connectivity index (χ3n) is 14.6. The lowest BCUT2D eigenvalue weighted by molar-refractivity contribution is 0.0897. The van der Waals surface area contributed by atoms with Gasteiger partial charge >= 0.3 is 0 Å². The number of halogens is 2. The molecule has 4 aliphatic rings. The fraction of sp³-hybridized carbons (Fsp3) is 0.520. The molecule has 22 nitrogen and oxygen atoms in total. The van der Waals surface area contributed by atoms with E-state index in [1.54, 1.807) is 85.9 Å². The molecule has 408 valence electrons. The van der Waals surface area contributed by atoms with Crippen LogP contribution in [0.4, 0.5) is 20.7 Å². The summed E-state index contributed by atoms with van der Waals surface area (Å²) < 4.78 is 119. The monoisotopic (exact) mass is 1090 g/mol. The molecular weight excluding hydrogens is 1030 g/mol. The summed E-state index contributed by atoms with van der Waals surface area (Å²) >= 11 is 0. The normalized spacial score (nSPS) is 20.3. The highest BCUT2D eigenvalue weighted by Crippen LogP contribution is 2.43. The Morgan fingerprint density at radius 2 is 0.855 bits per heavy atom. The number of nitrogens with zero attached hydrogens (tertiary/aromatic N) is 12. The van der Waals surface area contributed by atoms with Crippen molar-refractivity contribution in [3.63, 3.8) is 0 Å². The minimum absolute atomic E-state index is 0.148. The van der Waals surface area contributed by atoms with Gasteiger partial charge in [0.1, 0.15) is 57.5 Å². The zero-order chi connectivity index (χ0) is 53.7. The van der Waals surface area contributed by atoms with Gasteiger partial charge in [-0.25, -0.2) is 45.6 Å². The summed E-state index contributed by atoms with van der Waals surface area (Å²) in [7, 11) is 1.80. The van der Waals surface area contributed by atoms with Gasteiger partial charge in [-0.15, -0.1) is 20.4 Å². The maximum absolute atomic E-state index is 13.9. The van der Waals surface area contributed by atoms with Gasteiger partial charge < -0.3 is 38.2 Å². The van der Waals surface area contributed by atoms with E-state index in [1.165, 1.54) is 0 Å². The molecule has 4 atom stereocenters. The Bertz CT molecular complexity index is 2930. The van der Waals surface area contributed by atoms with Crippen LogP contribution < -0.4 is 28.7 Å². The van der Waals surface area contributed by atoms with Gasteiger partial charge in [0.25, 0.3) is 0 Å². The third kappa shape index (κ3) is 11.4. The molecule has 2 saturated heterocycles. The molecular formula is C50H62F2N12O10S2. The fourth-order valence-corrected chi connectivity index (χ4v) is 13.4. The van der Waals surface area contributed by atoms with Crippen molar-refractivity contribution in [3.8, 4) is 34.4 Å². The first-order valence-corrected chi connectivity index (χ1v) is 28.4. The van der Waals surface area contributed by atoms with E-state index in [1.807, 2.05) is 12.1 Å². The number of benzene rings is 2. The molecule has 0 unspecified atom stereocenters. The van der Waals surface area contributed by atoms with Crippen molar-refractivity contribution in [2.75, 3.05) is 78.6 Å². The van der Waals surface area contributed by atoms with Crippen molar-refractivity contribution in [1.29, 1.82) is 0 Å². The van der Waals surface area contributed by atoms with Crippen LogP contribution in [-0.4, -0.2) is 158 Å². The zero-order valence-corrected chi connectivity index (χ0v) is 44.8. The number of para-hydroxylation sites is 2. The number of methoxy groups -OCH3 is 6. The van der Waals surface area contributed by atoms with Crippen molar-refractivity contribution in [3.05, 3.63) is 96.1 Å². The highest BCUT2D eigenvalue weighted by atomic mass is 32.2. The molecule has 0 spiro atoms. The van der Waals surface area contributed by atoms with Crippen molar-refractivity contribution >= 4 is 31.6 Å². The Morgan fingerprint density at radius 3 is 1.14 bits per heavy atom. The van der Waals surface area contributed by atoms with Crippen LogP contribution in [0.3, 0.4) is 0 Å². The predicted molar refractivity (Wildman–Crippen MR) is 274 cm³/mol. The van der Waals surface area contributed by atoms with Crippen LogP contribution in [0, 0.1) is 11.6 Å².